The average molecular weight is 371 g/mol. The van der Waals surface area contributed by atoms with Crippen molar-refractivity contribution >= 4 is 5.97 Å². The molecule has 3 nitrogen and oxygen atoms in total. The summed E-state index contributed by atoms with van der Waals surface area (Å²) >= 11 is 0. The highest BCUT2D eigenvalue weighted by Crippen LogP contribution is 2.39. The van der Waals surface area contributed by atoms with Crippen LogP contribution < -0.4 is 5.73 Å². The SMILES string of the molecule is CCC(CC(N)C(=O)O)C(C)c1cc(C(F)(F)F)cc(C(F)(F)F)c1. The Hall–Kier alpha value is -1.77. The van der Waals surface area contributed by atoms with Gasteiger partial charge >= 0.3 is 18.3 Å². The third kappa shape index (κ3) is 5.62. The van der Waals surface area contributed by atoms with Gasteiger partial charge in [-0.2, -0.15) is 26.3 Å². The number of hydrogen-bond donors (Lipinski definition) is 2. The van der Waals surface area contributed by atoms with Crippen LogP contribution in [0.25, 0.3) is 0 Å². The highest BCUT2D eigenvalue weighted by atomic mass is 19.4. The summed E-state index contributed by atoms with van der Waals surface area (Å²) in [5.41, 5.74) is 2.53. The summed E-state index contributed by atoms with van der Waals surface area (Å²) in [5, 5.41) is 8.86. The third-order valence-electron chi connectivity index (χ3n) is 4.24. The maximum atomic E-state index is 12.9. The second-order valence-corrected chi connectivity index (χ2v) is 5.98. The summed E-state index contributed by atoms with van der Waals surface area (Å²) in [6.45, 7) is 3.15. The molecule has 0 fully saturated rings. The van der Waals surface area contributed by atoms with Crippen molar-refractivity contribution < 1.29 is 36.2 Å². The van der Waals surface area contributed by atoms with Gasteiger partial charge in [0, 0.05) is 0 Å². The Morgan fingerprint density at radius 2 is 1.52 bits per heavy atom. The van der Waals surface area contributed by atoms with Crippen molar-refractivity contribution in [3.63, 3.8) is 0 Å². The number of aliphatic carboxylic acids is 1. The van der Waals surface area contributed by atoms with Crippen molar-refractivity contribution in [2.24, 2.45) is 11.7 Å². The van der Waals surface area contributed by atoms with Gasteiger partial charge in [0.15, 0.2) is 0 Å². The lowest BCUT2D eigenvalue weighted by molar-refractivity contribution is -0.143. The molecule has 0 saturated heterocycles. The van der Waals surface area contributed by atoms with Crippen molar-refractivity contribution in [2.45, 2.75) is 51.0 Å². The summed E-state index contributed by atoms with van der Waals surface area (Å²) in [4.78, 5) is 10.9. The first-order valence-corrected chi connectivity index (χ1v) is 7.55. The molecule has 0 aromatic heterocycles. The molecule has 1 aromatic carbocycles. The molecule has 3 unspecified atom stereocenters. The van der Waals surface area contributed by atoms with E-state index in [0.29, 0.717) is 18.6 Å². The van der Waals surface area contributed by atoms with E-state index in [-0.39, 0.29) is 18.1 Å². The zero-order chi connectivity index (χ0) is 19.6. The van der Waals surface area contributed by atoms with Gasteiger partial charge in [-0.1, -0.05) is 20.3 Å². The van der Waals surface area contributed by atoms with Gasteiger partial charge in [-0.25, -0.2) is 0 Å². The quantitative estimate of drug-likeness (QED) is 0.715. The molecule has 0 heterocycles. The number of carboxylic acid groups (broad SMARTS) is 1. The average Bonchev–Trinajstić information content (AvgIpc) is 2.49. The van der Waals surface area contributed by atoms with Crippen LogP contribution in [0.1, 0.15) is 49.3 Å². The molecule has 142 valence electrons. The Morgan fingerprint density at radius 3 is 1.84 bits per heavy atom. The Morgan fingerprint density at radius 1 is 1.08 bits per heavy atom. The van der Waals surface area contributed by atoms with Gasteiger partial charge in [0.1, 0.15) is 6.04 Å². The minimum absolute atomic E-state index is 0.0510. The Balaban J connectivity index is 3.31. The van der Waals surface area contributed by atoms with Crippen molar-refractivity contribution in [3.8, 4) is 0 Å². The summed E-state index contributed by atoms with van der Waals surface area (Å²) in [6, 6.07) is 0.185. The summed E-state index contributed by atoms with van der Waals surface area (Å²) in [7, 11) is 0. The molecule has 0 radical (unpaired) electrons. The van der Waals surface area contributed by atoms with Crippen molar-refractivity contribution in [3.05, 3.63) is 34.9 Å². The van der Waals surface area contributed by atoms with E-state index in [9.17, 15) is 31.1 Å². The van der Waals surface area contributed by atoms with Crippen LogP contribution >= 0.6 is 0 Å². The van der Waals surface area contributed by atoms with Gasteiger partial charge in [-0.15, -0.1) is 0 Å². The van der Waals surface area contributed by atoms with Crippen molar-refractivity contribution in [1.82, 2.24) is 0 Å². The first kappa shape index (κ1) is 21.3. The van der Waals surface area contributed by atoms with Crippen molar-refractivity contribution in [1.29, 1.82) is 0 Å². The van der Waals surface area contributed by atoms with Crippen LogP contribution in [0.4, 0.5) is 26.3 Å². The smallest absolute Gasteiger partial charge is 0.416 e. The number of alkyl halides is 6. The standard InChI is InChI=1S/C16H19F6NO2/c1-3-9(6-13(23)14(24)25)8(2)10-4-11(15(17,18)19)7-12(5-10)16(20,21)22/h4-5,7-9,13H,3,6,23H2,1-2H3,(H,24,25). The number of rotatable bonds is 6. The van der Waals surface area contributed by atoms with Crippen LogP contribution in [0.5, 0.6) is 0 Å². The third-order valence-corrected chi connectivity index (χ3v) is 4.24. The predicted molar refractivity (Wildman–Crippen MR) is 78.9 cm³/mol. The lowest BCUT2D eigenvalue weighted by Crippen LogP contribution is -2.33. The number of nitrogens with two attached hydrogens (primary N) is 1. The lowest BCUT2D eigenvalue weighted by atomic mass is 9.81. The van der Waals surface area contributed by atoms with E-state index < -0.39 is 47.3 Å². The van der Waals surface area contributed by atoms with Crippen LogP contribution in [0.15, 0.2) is 18.2 Å². The van der Waals surface area contributed by atoms with Gasteiger partial charge in [0.25, 0.3) is 0 Å². The van der Waals surface area contributed by atoms with Crippen LogP contribution in [0.3, 0.4) is 0 Å². The predicted octanol–water partition coefficient (Wildman–Crippen LogP) is 4.66. The molecule has 0 bridgehead atoms. The molecular weight excluding hydrogens is 352 g/mol. The summed E-state index contributed by atoms with van der Waals surface area (Å²) in [5.74, 6) is -2.47. The van der Waals surface area contributed by atoms with E-state index in [0.717, 1.165) is 0 Å². The number of hydrogen-bond acceptors (Lipinski definition) is 2. The fourth-order valence-electron chi connectivity index (χ4n) is 2.67. The first-order chi connectivity index (χ1) is 11.3. The molecule has 1 aromatic rings. The highest BCUT2D eigenvalue weighted by molar-refractivity contribution is 5.73. The molecule has 0 amide bonds. The molecule has 0 aliphatic carbocycles. The molecule has 0 saturated carbocycles. The molecule has 0 aliphatic rings. The number of carbonyl (C=O) groups is 1. The second-order valence-electron chi connectivity index (χ2n) is 5.98. The second kappa shape index (κ2) is 7.63. The lowest BCUT2D eigenvalue weighted by Gasteiger charge is -2.26. The normalized spacial score (nSPS) is 16.4. The van der Waals surface area contributed by atoms with Gasteiger partial charge in [-0.3, -0.25) is 4.79 Å². The maximum absolute atomic E-state index is 12.9. The van der Waals surface area contributed by atoms with Gasteiger partial charge in [0.2, 0.25) is 0 Å². The van der Waals surface area contributed by atoms with Crippen LogP contribution in [0, 0.1) is 5.92 Å². The van der Waals surface area contributed by atoms with Crippen LogP contribution in [-0.2, 0) is 17.1 Å². The molecule has 25 heavy (non-hydrogen) atoms. The number of benzene rings is 1. The Bertz CT molecular complexity index is 579. The highest BCUT2D eigenvalue weighted by Gasteiger charge is 2.37. The monoisotopic (exact) mass is 371 g/mol. The summed E-state index contributed by atoms with van der Waals surface area (Å²) in [6.07, 6.45) is -9.53. The van der Waals surface area contributed by atoms with E-state index in [1.807, 2.05) is 0 Å². The molecule has 3 atom stereocenters. The topological polar surface area (TPSA) is 63.3 Å². The van der Waals surface area contributed by atoms with Crippen LogP contribution in [-0.4, -0.2) is 17.1 Å². The Labute approximate surface area is 140 Å². The fourth-order valence-corrected chi connectivity index (χ4v) is 2.67. The minimum atomic E-state index is -4.92. The van der Waals surface area contributed by atoms with E-state index >= 15 is 0 Å². The molecular formula is C16H19F6NO2. The van der Waals surface area contributed by atoms with Gasteiger partial charge in [-0.05, 0) is 42.0 Å². The molecule has 0 spiro atoms. The molecule has 0 aliphatic heterocycles. The zero-order valence-corrected chi connectivity index (χ0v) is 13.6. The van der Waals surface area contributed by atoms with Crippen LogP contribution in [0.2, 0.25) is 0 Å². The maximum Gasteiger partial charge on any atom is 0.416 e. The van der Waals surface area contributed by atoms with Gasteiger partial charge < -0.3 is 10.8 Å². The minimum Gasteiger partial charge on any atom is -0.480 e. The molecule has 3 N–H and O–H groups in total. The number of carboxylic acids is 1. The summed E-state index contributed by atoms with van der Waals surface area (Å²) < 4.78 is 77.6. The molecule has 1 rings (SSSR count). The van der Waals surface area contributed by atoms with E-state index in [1.54, 1.807) is 6.92 Å². The largest absolute Gasteiger partial charge is 0.480 e. The van der Waals surface area contributed by atoms with E-state index in [2.05, 4.69) is 0 Å². The van der Waals surface area contributed by atoms with E-state index in [4.69, 9.17) is 10.8 Å². The van der Waals surface area contributed by atoms with E-state index in [1.165, 1.54) is 6.92 Å². The zero-order valence-electron chi connectivity index (χ0n) is 13.6. The molecule has 9 heteroatoms. The number of halogens is 6. The fraction of sp³-hybridized carbons (Fsp3) is 0.562. The first-order valence-electron chi connectivity index (χ1n) is 7.55. The Kier molecular flexibility index (Phi) is 6.50. The van der Waals surface area contributed by atoms with Crippen molar-refractivity contribution in [2.75, 3.05) is 0 Å². The van der Waals surface area contributed by atoms with Gasteiger partial charge in [0.05, 0.1) is 11.1 Å².